The molecule has 0 radical (unpaired) electrons. The Morgan fingerprint density at radius 1 is 1.67 bits per heavy atom. The van der Waals surface area contributed by atoms with Crippen LogP contribution in [0.5, 0.6) is 0 Å². The smallest absolute Gasteiger partial charge is 0.273 e. The minimum atomic E-state index is -0.194. The summed E-state index contributed by atoms with van der Waals surface area (Å²) >= 11 is 0. The van der Waals surface area contributed by atoms with Crippen molar-refractivity contribution in [1.29, 1.82) is 0 Å². The van der Waals surface area contributed by atoms with E-state index in [4.69, 9.17) is 9.47 Å². The fraction of sp³-hybridized carbons (Fsp3) is 0.667. The van der Waals surface area contributed by atoms with E-state index in [2.05, 4.69) is 15.0 Å². The third kappa shape index (κ3) is 1.81. The quantitative estimate of drug-likeness (QED) is 0.842. The van der Waals surface area contributed by atoms with Crippen molar-refractivity contribution in [3.05, 3.63) is 18.0 Å². The summed E-state index contributed by atoms with van der Waals surface area (Å²) in [6, 6.07) is 1.67. The molecule has 6 heteroatoms. The SMILES string of the molecule is COC[C@@H]1[C@H](NC(=O)c2ccon2)[C@@H]2CCO[C@H]12. The highest BCUT2D eigenvalue weighted by Gasteiger charge is 2.54. The van der Waals surface area contributed by atoms with Crippen LogP contribution in [0.3, 0.4) is 0 Å². The van der Waals surface area contributed by atoms with E-state index in [1.54, 1.807) is 13.2 Å². The molecule has 1 amide bonds. The average Bonchev–Trinajstić information content (AvgIpc) is 3.02. The van der Waals surface area contributed by atoms with Crippen molar-refractivity contribution in [3.63, 3.8) is 0 Å². The zero-order valence-corrected chi connectivity index (χ0v) is 10.2. The molecule has 1 aromatic rings. The van der Waals surface area contributed by atoms with Crippen molar-refractivity contribution >= 4 is 5.91 Å². The summed E-state index contributed by atoms with van der Waals surface area (Å²) in [5, 5.41) is 6.64. The Hall–Kier alpha value is -1.40. The lowest BCUT2D eigenvalue weighted by Crippen LogP contribution is -2.62. The van der Waals surface area contributed by atoms with E-state index in [9.17, 15) is 4.79 Å². The molecule has 2 aliphatic rings. The molecule has 0 bridgehead atoms. The van der Waals surface area contributed by atoms with Crippen molar-refractivity contribution in [1.82, 2.24) is 10.5 Å². The van der Waals surface area contributed by atoms with Crippen LogP contribution in [0.25, 0.3) is 0 Å². The van der Waals surface area contributed by atoms with Crippen LogP contribution in [0, 0.1) is 11.8 Å². The van der Waals surface area contributed by atoms with Crippen molar-refractivity contribution in [2.75, 3.05) is 20.3 Å². The average molecular weight is 252 g/mol. The fourth-order valence-electron chi connectivity index (χ4n) is 2.99. The third-order valence-electron chi connectivity index (χ3n) is 3.86. The van der Waals surface area contributed by atoms with E-state index < -0.39 is 0 Å². The number of hydrogen-bond acceptors (Lipinski definition) is 5. The molecule has 18 heavy (non-hydrogen) atoms. The molecule has 1 saturated heterocycles. The second kappa shape index (κ2) is 4.70. The maximum Gasteiger partial charge on any atom is 0.273 e. The standard InChI is InChI=1S/C12H16N2O4/c1-16-6-8-10(7-2-4-17-11(7)8)13-12(15)9-3-5-18-14-9/h3,5,7-8,10-11H,2,4,6H2,1H3,(H,13,15)/t7-,8+,10+,11-/m0/s1. The van der Waals surface area contributed by atoms with Gasteiger partial charge in [-0.1, -0.05) is 5.16 Å². The maximum absolute atomic E-state index is 11.9. The largest absolute Gasteiger partial charge is 0.384 e. The number of nitrogens with one attached hydrogen (secondary N) is 1. The van der Waals surface area contributed by atoms with Gasteiger partial charge in [0.05, 0.1) is 12.7 Å². The number of amides is 1. The monoisotopic (exact) mass is 252 g/mol. The van der Waals surface area contributed by atoms with E-state index in [0.717, 1.165) is 13.0 Å². The summed E-state index contributed by atoms with van der Waals surface area (Å²) in [6.45, 7) is 1.37. The zero-order chi connectivity index (χ0) is 12.5. The lowest BCUT2D eigenvalue weighted by Gasteiger charge is -2.47. The molecule has 6 nitrogen and oxygen atoms in total. The summed E-state index contributed by atoms with van der Waals surface area (Å²) in [5.41, 5.74) is 0.313. The predicted molar refractivity (Wildman–Crippen MR) is 61.0 cm³/mol. The van der Waals surface area contributed by atoms with Gasteiger partial charge in [0.1, 0.15) is 6.26 Å². The lowest BCUT2D eigenvalue weighted by atomic mass is 9.67. The number of fused-ring (bicyclic) bond motifs is 1. The van der Waals surface area contributed by atoms with Gasteiger partial charge >= 0.3 is 0 Å². The number of carbonyl (C=O) groups excluding carboxylic acids is 1. The van der Waals surface area contributed by atoms with E-state index in [1.165, 1.54) is 6.26 Å². The van der Waals surface area contributed by atoms with Crippen molar-refractivity contribution in [3.8, 4) is 0 Å². The molecule has 0 unspecified atom stereocenters. The minimum Gasteiger partial charge on any atom is -0.384 e. The Morgan fingerprint density at radius 2 is 2.56 bits per heavy atom. The van der Waals surface area contributed by atoms with Gasteiger partial charge in [-0.3, -0.25) is 4.79 Å². The lowest BCUT2D eigenvalue weighted by molar-refractivity contribution is -0.0810. The number of hydrogen-bond donors (Lipinski definition) is 1. The normalized spacial score (nSPS) is 33.8. The van der Waals surface area contributed by atoms with Crippen molar-refractivity contribution in [2.45, 2.75) is 18.6 Å². The number of carbonyl (C=O) groups is 1. The third-order valence-corrected chi connectivity index (χ3v) is 3.86. The van der Waals surface area contributed by atoms with Gasteiger partial charge in [-0.2, -0.15) is 0 Å². The topological polar surface area (TPSA) is 73.6 Å². The van der Waals surface area contributed by atoms with Gasteiger partial charge in [-0.25, -0.2) is 0 Å². The Balaban J connectivity index is 1.66. The molecule has 0 aromatic carbocycles. The zero-order valence-electron chi connectivity index (χ0n) is 10.2. The Labute approximate surface area is 105 Å². The first-order chi connectivity index (χ1) is 8.81. The van der Waals surface area contributed by atoms with Gasteiger partial charge in [0.15, 0.2) is 5.69 Å². The van der Waals surface area contributed by atoms with Crippen LogP contribution in [-0.4, -0.2) is 43.5 Å². The first kappa shape index (κ1) is 11.7. The second-order valence-corrected chi connectivity index (χ2v) is 4.79. The summed E-state index contributed by atoms with van der Waals surface area (Å²) in [6.07, 6.45) is 2.62. The van der Waals surface area contributed by atoms with Gasteiger partial charge in [-0.15, -0.1) is 0 Å². The van der Waals surface area contributed by atoms with Gasteiger partial charge in [0.2, 0.25) is 0 Å². The molecule has 1 aromatic heterocycles. The molecule has 1 aliphatic heterocycles. The van der Waals surface area contributed by atoms with E-state index in [1.807, 2.05) is 0 Å². The van der Waals surface area contributed by atoms with Crippen LogP contribution >= 0.6 is 0 Å². The summed E-state index contributed by atoms with van der Waals surface area (Å²) in [7, 11) is 1.67. The molecule has 3 rings (SSSR count). The van der Waals surface area contributed by atoms with Gasteiger partial charge in [0, 0.05) is 37.7 Å². The second-order valence-electron chi connectivity index (χ2n) is 4.79. The summed E-state index contributed by atoms with van der Waals surface area (Å²) in [5.74, 6) is 0.444. The van der Waals surface area contributed by atoms with Crippen LogP contribution in [0.4, 0.5) is 0 Å². The first-order valence-corrected chi connectivity index (χ1v) is 6.13. The predicted octanol–water partition coefficient (Wildman–Crippen LogP) is 0.454. The van der Waals surface area contributed by atoms with Crippen molar-refractivity contribution in [2.24, 2.45) is 11.8 Å². The summed E-state index contributed by atoms with van der Waals surface area (Å²) in [4.78, 5) is 11.9. The number of nitrogens with zero attached hydrogens (tertiary/aromatic N) is 1. The van der Waals surface area contributed by atoms with Gasteiger partial charge in [-0.05, 0) is 6.42 Å². The van der Waals surface area contributed by atoms with Crippen LogP contribution in [-0.2, 0) is 9.47 Å². The molecule has 1 saturated carbocycles. The van der Waals surface area contributed by atoms with Crippen LogP contribution in [0.2, 0.25) is 0 Å². The molecule has 0 spiro atoms. The Kier molecular flexibility index (Phi) is 3.05. The molecular formula is C12H16N2O4. The van der Waals surface area contributed by atoms with E-state index in [-0.39, 0.29) is 24.0 Å². The van der Waals surface area contributed by atoms with E-state index >= 15 is 0 Å². The number of aromatic nitrogens is 1. The van der Waals surface area contributed by atoms with Gasteiger partial charge < -0.3 is 19.3 Å². The van der Waals surface area contributed by atoms with Crippen molar-refractivity contribution < 1.29 is 18.8 Å². The van der Waals surface area contributed by atoms with Crippen LogP contribution in [0.15, 0.2) is 16.9 Å². The number of rotatable bonds is 4. The van der Waals surface area contributed by atoms with Crippen LogP contribution < -0.4 is 5.32 Å². The summed E-state index contributed by atoms with van der Waals surface area (Å²) < 4.78 is 15.5. The molecule has 2 fully saturated rings. The van der Waals surface area contributed by atoms with Gasteiger partial charge in [0.25, 0.3) is 5.91 Å². The fourth-order valence-corrected chi connectivity index (χ4v) is 2.99. The highest BCUT2D eigenvalue weighted by Crippen LogP contribution is 2.43. The number of methoxy groups -OCH3 is 1. The molecule has 98 valence electrons. The van der Waals surface area contributed by atoms with E-state index in [0.29, 0.717) is 18.2 Å². The highest BCUT2D eigenvalue weighted by atomic mass is 16.5. The highest BCUT2D eigenvalue weighted by molar-refractivity contribution is 5.92. The molecular weight excluding hydrogens is 236 g/mol. The Bertz CT molecular complexity index is 420. The maximum atomic E-state index is 11.9. The minimum absolute atomic E-state index is 0.113. The van der Waals surface area contributed by atoms with Crippen LogP contribution in [0.1, 0.15) is 16.9 Å². The Morgan fingerprint density at radius 3 is 3.28 bits per heavy atom. The first-order valence-electron chi connectivity index (χ1n) is 6.13. The number of ether oxygens (including phenoxy) is 2. The molecule has 1 N–H and O–H groups in total. The molecule has 1 aliphatic carbocycles. The molecule has 2 heterocycles. The molecule has 4 atom stereocenters.